The van der Waals surface area contributed by atoms with Crippen LogP contribution in [0, 0.1) is 0 Å². The standard InChI is InChI=1S/C10H11N3O/c1-8-5-6-10(14)13(12-8)9-4-2-3-7-11-9/h2-4,7H,5-6H2,1H3. The third-order valence-corrected chi connectivity index (χ3v) is 2.07. The van der Waals surface area contributed by atoms with Crippen molar-refractivity contribution >= 4 is 17.4 Å². The molecule has 0 spiro atoms. The number of hydrogen-bond donors (Lipinski definition) is 0. The van der Waals surface area contributed by atoms with Crippen LogP contribution in [0.3, 0.4) is 0 Å². The Morgan fingerprint density at radius 2 is 2.21 bits per heavy atom. The second kappa shape index (κ2) is 3.57. The molecule has 0 N–H and O–H groups in total. The summed E-state index contributed by atoms with van der Waals surface area (Å²) in [6.07, 6.45) is 2.93. The zero-order valence-electron chi connectivity index (χ0n) is 7.97. The van der Waals surface area contributed by atoms with Crippen LogP contribution in [0.15, 0.2) is 29.5 Å². The Bertz CT molecular complexity index is 372. The third-order valence-electron chi connectivity index (χ3n) is 2.07. The van der Waals surface area contributed by atoms with Crippen LogP contribution >= 0.6 is 0 Å². The van der Waals surface area contributed by atoms with Gasteiger partial charge in [-0.25, -0.2) is 4.98 Å². The molecule has 0 aromatic carbocycles. The van der Waals surface area contributed by atoms with E-state index in [-0.39, 0.29) is 5.91 Å². The van der Waals surface area contributed by atoms with Crippen molar-refractivity contribution in [2.75, 3.05) is 5.01 Å². The van der Waals surface area contributed by atoms with E-state index in [9.17, 15) is 4.79 Å². The topological polar surface area (TPSA) is 45.6 Å². The van der Waals surface area contributed by atoms with Crippen LogP contribution in [0.5, 0.6) is 0 Å². The smallest absolute Gasteiger partial charge is 0.249 e. The Morgan fingerprint density at radius 1 is 1.36 bits per heavy atom. The zero-order valence-corrected chi connectivity index (χ0v) is 7.97. The Hall–Kier alpha value is -1.71. The molecule has 0 radical (unpaired) electrons. The fraction of sp³-hybridized carbons (Fsp3) is 0.300. The Kier molecular flexibility index (Phi) is 2.26. The fourth-order valence-electron chi connectivity index (χ4n) is 1.33. The summed E-state index contributed by atoms with van der Waals surface area (Å²) in [4.78, 5) is 15.6. The second-order valence-electron chi connectivity index (χ2n) is 3.23. The van der Waals surface area contributed by atoms with E-state index in [1.165, 1.54) is 5.01 Å². The molecule has 0 aliphatic carbocycles. The molecule has 0 bridgehead atoms. The molecule has 0 unspecified atom stereocenters. The number of carbonyl (C=O) groups is 1. The summed E-state index contributed by atoms with van der Waals surface area (Å²) in [5, 5.41) is 5.55. The number of rotatable bonds is 1. The van der Waals surface area contributed by atoms with E-state index < -0.39 is 0 Å². The van der Waals surface area contributed by atoms with Gasteiger partial charge in [-0.2, -0.15) is 10.1 Å². The van der Waals surface area contributed by atoms with Crippen LogP contribution in [0.25, 0.3) is 0 Å². The number of hydrogen-bond acceptors (Lipinski definition) is 3. The number of pyridine rings is 1. The first-order valence-electron chi connectivity index (χ1n) is 4.55. The molecule has 2 rings (SSSR count). The first-order valence-corrected chi connectivity index (χ1v) is 4.55. The predicted molar refractivity (Wildman–Crippen MR) is 54.1 cm³/mol. The SMILES string of the molecule is CC1=NN(c2ccccn2)C(=O)CC1. The molecule has 0 atom stereocenters. The van der Waals surface area contributed by atoms with Crippen molar-refractivity contribution in [2.45, 2.75) is 19.8 Å². The van der Waals surface area contributed by atoms with Crippen molar-refractivity contribution in [1.82, 2.24) is 4.98 Å². The zero-order chi connectivity index (χ0) is 9.97. The van der Waals surface area contributed by atoms with E-state index >= 15 is 0 Å². The van der Waals surface area contributed by atoms with Crippen LogP contribution < -0.4 is 5.01 Å². The monoisotopic (exact) mass is 189 g/mol. The van der Waals surface area contributed by atoms with Crippen molar-refractivity contribution in [3.63, 3.8) is 0 Å². The second-order valence-corrected chi connectivity index (χ2v) is 3.23. The van der Waals surface area contributed by atoms with Gasteiger partial charge in [0, 0.05) is 18.3 Å². The molecule has 1 amide bonds. The van der Waals surface area contributed by atoms with Crippen molar-refractivity contribution in [2.24, 2.45) is 5.10 Å². The highest BCUT2D eigenvalue weighted by Gasteiger charge is 2.20. The molecule has 4 heteroatoms. The van der Waals surface area contributed by atoms with Crippen LogP contribution in [0.1, 0.15) is 19.8 Å². The molecule has 14 heavy (non-hydrogen) atoms. The average molecular weight is 189 g/mol. The molecule has 1 aliphatic rings. The average Bonchev–Trinajstić information content (AvgIpc) is 2.23. The van der Waals surface area contributed by atoms with Crippen molar-refractivity contribution < 1.29 is 4.79 Å². The summed E-state index contributed by atoms with van der Waals surface area (Å²) in [5.74, 6) is 0.603. The van der Waals surface area contributed by atoms with Gasteiger partial charge in [-0.05, 0) is 25.5 Å². The van der Waals surface area contributed by atoms with E-state index in [2.05, 4.69) is 10.1 Å². The quantitative estimate of drug-likeness (QED) is 0.673. The van der Waals surface area contributed by atoms with E-state index in [0.29, 0.717) is 12.2 Å². The molecule has 0 saturated heterocycles. The van der Waals surface area contributed by atoms with Gasteiger partial charge in [-0.1, -0.05) is 6.07 Å². The minimum atomic E-state index is 0.00861. The van der Waals surface area contributed by atoms with E-state index in [4.69, 9.17) is 0 Å². The van der Waals surface area contributed by atoms with Gasteiger partial charge < -0.3 is 0 Å². The van der Waals surface area contributed by atoms with Crippen molar-refractivity contribution in [3.8, 4) is 0 Å². The largest absolute Gasteiger partial charge is 0.272 e. The molecule has 0 fully saturated rings. The van der Waals surface area contributed by atoms with Crippen LogP contribution in [-0.4, -0.2) is 16.6 Å². The number of hydrazone groups is 1. The molecule has 1 aromatic heterocycles. The molecule has 4 nitrogen and oxygen atoms in total. The summed E-state index contributed by atoms with van der Waals surface area (Å²) in [7, 11) is 0. The lowest BCUT2D eigenvalue weighted by Crippen LogP contribution is -2.31. The van der Waals surface area contributed by atoms with Gasteiger partial charge in [-0.15, -0.1) is 0 Å². The maximum Gasteiger partial charge on any atom is 0.249 e. The van der Waals surface area contributed by atoms with E-state index in [1.54, 1.807) is 12.3 Å². The predicted octanol–water partition coefficient (Wildman–Crippen LogP) is 1.58. The highest BCUT2D eigenvalue weighted by molar-refractivity contribution is 6.00. The van der Waals surface area contributed by atoms with Gasteiger partial charge in [0.2, 0.25) is 5.91 Å². The molecule has 0 saturated carbocycles. The number of aromatic nitrogens is 1. The fourth-order valence-corrected chi connectivity index (χ4v) is 1.33. The van der Waals surface area contributed by atoms with E-state index in [1.807, 2.05) is 19.1 Å². The van der Waals surface area contributed by atoms with Crippen LogP contribution in [-0.2, 0) is 4.79 Å². The number of carbonyl (C=O) groups excluding carboxylic acids is 1. The summed E-state index contributed by atoms with van der Waals surface area (Å²) in [6.45, 7) is 1.92. The maximum atomic E-state index is 11.5. The number of anilines is 1. The first-order chi connectivity index (χ1) is 6.77. The molecule has 1 aliphatic heterocycles. The third kappa shape index (κ3) is 1.64. The van der Waals surface area contributed by atoms with Gasteiger partial charge in [0.1, 0.15) is 0 Å². The van der Waals surface area contributed by atoms with Gasteiger partial charge in [0.05, 0.1) is 0 Å². The Morgan fingerprint density at radius 3 is 2.93 bits per heavy atom. The highest BCUT2D eigenvalue weighted by atomic mass is 16.2. The van der Waals surface area contributed by atoms with Crippen LogP contribution in [0.2, 0.25) is 0 Å². The molecule has 2 heterocycles. The minimum absolute atomic E-state index is 0.00861. The summed E-state index contributed by atoms with van der Waals surface area (Å²) in [5.41, 5.74) is 0.968. The highest BCUT2D eigenvalue weighted by Crippen LogP contribution is 2.16. The Balaban J connectivity index is 2.34. The Labute approximate surface area is 82.3 Å². The summed E-state index contributed by atoms with van der Waals surface area (Å²) in [6, 6.07) is 5.43. The van der Waals surface area contributed by atoms with Crippen molar-refractivity contribution in [1.29, 1.82) is 0 Å². The summed E-state index contributed by atoms with van der Waals surface area (Å²) < 4.78 is 0. The molecule has 1 aromatic rings. The van der Waals surface area contributed by atoms with Gasteiger partial charge in [-0.3, -0.25) is 4.79 Å². The molecular weight excluding hydrogens is 178 g/mol. The lowest BCUT2D eigenvalue weighted by atomic mass is 10.2. The number of nitrogens with zero attached hydrogens (tertiary/aromatic N) is 3. The van der Waals surface area contributed by atoms with Gasteiger partial charge in [0.25, 0.3) is 0 Å². The van der Waals surface area contributed by atoms with E-state index in [0.717, 1.165) is 12.1 Å². The van der Waals surface area contributed by atoms with Gasteiger partial charge >= 0.3 is 0 Å². The molecule has 72 valence electrons. The maximum absolute atomic E-state index is 11.5. The lowest BCUT2D eigenvalue weighted by Gasteiger charge is -2.20. The van der Waals surface area contributed by atoms with Gasteiger partial charge in [0.15, 0.2) is 5.82 Å². The number of amides is 1. The summed E-state index contributed by atoms with van der Waals surface area (Å²) >= 11 is 0. The van der Waals surface area contributed by atoms with Crippen molar-refractivity contribution in [3.05, 3.63) is 24.4 Å². The molecular formula is C10H11N3O. The van der Waals surface area contributed by atoms with Crippen LogP contribution in [0.4, 0.5) is 5.82 Å². The minimum Gasteiger partial charge on any atom is -0.272 e. The normalized spacial score (nSPS) is 16.8. The first kappa shape index (κ1) is 8.87. The lowest BCUT2D eigenvalue weighted by molar-refractivity contribution is -0.118.